The minimum absolute atomic E-state index is 0.108. The fourth-order valence-electron chi connectivity index (χ4n) is 1.30. The number of hydrogen-bond acceptors (Lipinski definition) is 4. The van der Waals surface area contributed by atoms with Crippen LogP contribution in [0.15, 0.2) is 0 Å². The molecule has 0 aromatic heterocycles. The van der Waals surface area contributed by atoms with Crippen LogP contribution in [0, 0.1) is 0 Å². The van der Waals surface area contributed by atoms with Gasteiger partial charge in [-0.05, 0) is 32.1 Å². The second-order valence-corrected chi connectivity index (χ2v) is 4.76. The lowest BCUT2D eigenvalue weighted by molar-refractivity contribution is -0.140. The number of methoxy groups -OCH3 is 1. The van der Waals surface area contributed by atoms with Crippen LogP contribution in [0.4, 0.5) is 0 Å². The number of ether oxygens (including phenoxy) is 1. The second kappa shape index (κ2) is 10.3. The van der Waals surface area contributed by atoms with Gasteiger partial charge in [-0.25, -0.2) is 0 Å². The number of rotatable bonds is 9. The molecular formula is C11H23NO2S. The van der Waals surface area contributed by atoms with Crippen molar-refractivity contribution in [3.8, 4) is 0 Å². The molecule has 1 N–H and O–H groups in total. The summed E-state index contributed by atoms with van der Waals surface area (Å²) in [5.74, 6) is 1.90. The molecule has 0 aliphatic rings. The van der Waals surface area contributed by atoms with Crippen LogP contribution in [0.3, 0.4) is 0 Å². The number of esters is 1. The molecule has 0 heterocycles. The largest absolute Gasteiger partial charge is 0.469 e. The van der Waals surface area contributed by atoms with Gasteiger partial charge < -0.3 is 10.1 Å². The zero-order valence-corrected chi connectivity index (χ0v) is 10.9. The predicted octanol–water partition coefficient (Wildman–Crippen LogP) is 2.06. The van der Waals surface area contributed by atoms with Gasteiger partial charge in [-0.2, -0.15) is 11.8 Å². The van der Waals surface area contributed by atoms with E-state index in [9.17, 15) is 4.79 Å². The van der Waals surface area contributed by atoms with Crippen LogP contribution in [0.2, 0.25) is 0 Å². The highest BCUT2D eigenvalue weighted by Gasteiger charge is 2.01. The zero-order valence-electron chi connectivity index (χ0n) is 10.0. The first-order valence-electron chi connectivity index (χ1n) is 5.58. The molecule has 0 aliphatic heterocycles. The van der Waals surface area contributed by atoms with Crippen molar-refractivity contribution in [2.75, 3.05) is 25.2 Å². The van der Waals surface area contributed by atoms with Crippen molar-refractivity contribution in [1.29, 1.82) is 0 Å². The first-order valence-corrected chi connectivity index (χ1v) is 6.74. The van der Waals surface area contributed by atoms with Crippen molar-refractivity contribution in [2.24, 2.45) is 0 Å². The maximum absolute atomic E-state index is 10.8. The smallest absolute Gasteiger partial charge is 0.306 e. The number of carbonyl (C=O) groups is 1. The fraction of sp³-hybridized carbons (Fsp3) is 0.909. The number of carbonyl (C=O) groups excluding carboxylic acids is 1. The number of thioether (sulfide) groups is 1. The third-order valence-electron chi connectivity index (χ3n) is 2.16. The van der Waals surface area contributed by atoms with E-state index in [2.05, 4.69) is 23.9 Å². The van der Waals surface area contributed by atoms with Crippen molar-refractivity contribution in [3.63, 3.8) is 0 Å². The van der Waals surface area contributed by atoms with E-state index >= 15 is 0 Å². The molecule has 1 unspecified atom stereocenters. The molecule has 0 aliphatic carbocycles. The summed E-state index contributed by atoms with van der Waals surface area (Å²) in [4.78, 5) is 10.8. The topological polar surface area (TPSA) is 38.3 Å². The van der Waals surface area contributed by atoms with Gasteiger partial charge in [0.15, 0.2) is 0 Å². The van der Waals surface area contributed by atoms with Crippen molar-refractivity contribution >= 4 is 17.7 Å². The quantitative estimate of drug-likeness (QED) is 0.489. The summed E-state index contributed by atoms with van der Waals surface area (Å²) < 4.78 is 4.56. The van der Waals surface area contributed by atoms with Gasteiger partial charge in [-0.1, -0.05) is 6.92 Å². The zero-order chi connectivity index (χ0) is 11.5. The van der Waals surface area contributed by atoms with Crippen LogP contribution in [0.5, 0.6) is 0 Å². The van der Waals surface area contributed by atoms with Crippen molar-refractivity contribution in [3.05, 3.63) is 0 Å². The third kappa shape index (κ3) is 10.1. The molecule has 0 aromatic rings. The maximum atomic E-state index is 10.8. The SMILES string of the molecule is CCNC(C)CCCSCCC(=O)OC. The van der Waals surface area contributed by atoms with Crippen LogP contribution in [-0.2, 0) is 9.53 Å². The highest BCUT2D eigenvalue weighted by Crippen LogP contribution is 2.08. The first kappa shape index (κ1) is 14.8. The lowest BCUT2D eigenvalue weighted by atomic mass is 10.2. The standard InChI is InChI=1S/C11H23NO2S/c1-4-12-10(2)6-5-8-15-9-7-11(13)14-3/h10,12H,4-9H2,1-3H3. The minimum Gasteiger partial charge on any atom is -0.469 e. The molecule has 3 nitrogen and oxygen atoms in total. The molecule has 0 spiro atoms. The molecule has 0 saturated carbocycles. The summed E-state index contributed by atoms with van der Waals surface area (Å²) in [7, 11) is 1.44. The molecular weight excluding hydrogens is 210 g/mol. The molecule has 0 rings (SSSR count). The third-order valence-corrected chi connectivity index (χ3v) is 3.23. The van der Waals surface area contributed by atoms with Crippen LogP contribution >= 0.6 is 11.8 Å². The van der Waals surface area contributed by atoms with Crippen molar-refractivity contribution < 1.29 is 9.53 Å². The van der Waals surface area contributed by atoms with Gasteiger partial charge in [0.25, 0.3) is 0 Å². The van der Waals surface area contributed by atoms with Crippen LogP contribution in [0.1, 0.15) is 33.1 Å². The Balaban J connectivity index is 3.14. The summed E-state index contributed by atoms with van der Waals surface area (Å²) in [6, 6.07) is 0.608. The predicted molar refractivity (Wildman–Crippen MR) is 66.3 cm³/mol. The lowest BCUT2D eigenvalue weighted by Crippen LogP contribution is -2.25. The van der Waals surface area contributed by atoms with Crippen LogP contribution in [-0.4, -0.2) is 37.2 Å². The normalized spacial score (nSPS) is 12.5. The summed E-state index contributed by atoms with van der Waals surface area (Å²) in [5.41, 5.74) is 0. The highest BCUT2D eigenvalue weighted by atomic mass is 32.2. The van der Waals surface area contributed by atoms with Gasteiger partial charge >= 0.3 is 5.97 Å². The molecule has 0 bridgehead atoms. The summed E-state index contributed by atoms with van der Waals surface area (Å²) in [5, 5.41) is 3.38. The van der Waals surface area contributed by atoms with Crippen molar-refractivity contribution in [1.82, 2.24) is 5.32 Å². The highest BCUT2D eigenvalue weighted by molar-refractivity contribution is 7.99. The Labute approximate surface area is 97.3 Å². The van der Waals surface area contributed by atoms with Gasteiger partial charge in [0, 0.05) is 11.8 Å². The van der Waals surface area contributed by atoms with Crippen molar-refractivity contribution in [2.45, 2.75) is 39.2 Å². The average molecular weight is 233 g/mol. The van der Waals surface area contributed by atoms with E-state index in [0.29, 0.717) is 12.5 Å². The molecule has 0 amide bonds. The Morgan fingerprint density at radius 1 is 1.47 bits per heavy atom. The Hall–Kier alpha value is -0.220. The summed E-state index contributed by atoms with van der Waals surface area (Å²) >= 11 is 1.83. The Morgan fingerprint density at radius 3 is 2.80 bits per heavy atom. The van der Waals surface area contributed by atoms with Crippen LogP contribution in [0.25, 0.3) is 0 Å². The minimum atomic E-state index is -0.108. The Kier molecular flexibility index (Phi) is 10.2. The van der Waals surface area contributed by atoms with Gasteiger partial charge in [-0.3, -0.25) is 4.79 Å². The van der Waals surface area contributed by atoms with Gasteiger partial charge in [0.05, 0.1) is 13.5 Å². The van der Waals surface area contributed by atoms with Gasteiger partial charge in [0.1, 0.15) is 0 Å². The summed E-state index contributed by atoms with van der Waals surface area (Å²) in [6.45, 7) is 5.38. The molecule has 0 radical (unpaired) electrons. The molecule has 90 valence electrons. The second-order valence-electron chi connectivity index (χ2n) is 3.54. The van der Waals surface area contributed by atoms with E-state index in [-0.39, 0.29) is 5.97 Å². The number of nitrogens with one attached hydrogen (secondary N) is 1. The van der Waals surface area contributed by atoms with Gasteiger partial charge in [-0.15, -0.1) is 0 Å². The van der Waals surface area contributed by atoms with E-state index in [1.165, 1.54) is 20.0 Å². The molecule has 4 heteroatoms. The van der Waals surface area contributed by atoms with E-state index in [1.54, 1.807) is 0 Å². The first-order chi connectivity index (χ1) is 7.20. The molecule has 0 saturated heterocycles. The lowest BCUT2D eigenvalue weighted by Gasteiger charge is -2.11. The van der Waals surface area contributed by atoms with E-state index in [1.807, 2.05) is 11.8 Å². The van der Waals surface area contributed by atoms with E-state index < -0.39 is 0 Å². The molecule has 0 fully saturated rings. The maximum Gasteiger partial charge on any atom is 0.306 e. The van der Waals surface area contributed by atoms with E-state index in [0.717, 1.165) is 18.1 Å². The Morgan fingerprint density at radius 2 is 2.20 bits per heavy atom. The Bertz CT molecular complexity index is 165. The number of hydrogen-bond donors (Lipinski definition) is 1. The molecule has 1 atom stereocenters. The van der Waals surface area contributed by atoms with E-state index in [4.69, 9.17) is 0 Å². The molecule has 0 aromatic carbocycles. The fourth-order valence-corrected chi connectivity index (χ4v) is 2.19. The summed E-state index contributed by atoms with van der Waals surface area (Å²) in [6.07, 6.45) is 2.95. The monoisotopic (exact) mass is 233 g/mol. The average Bonchev–Trinajstić information content (AvgIpc) is 2.23. The van der Waals surface area contributed by atoms with Gasteiger partial charge in [0.2, 0.25) is 0 Å². The van der Waals surface area contributed by atoms with Crippen LogP contribution < -0.4 is 5.32 Å². The molecule has 15 heavy (non-hydrogen) atoms.